The first-order chi connectivity index (χ1) is 12.1. The van der Waals surface area contributed by atoms with Gasteiger partial charge < -0.3 is 14.7 Å². The van der Waals surface area contributed by atoms with E-state index in [1.54, 1.807) is 0 Å². The number of hydrogen-bond acceptors (Lipinski definition) is 4. The zero-order chi connectivity index (χ0) is 17.6. The van der Waals surface area contributed by atoms with Gasteiger partial charge in [-0.2, -0.15) is 4.98 Å². The molecule has 0 spiro atoms. The summed E-state index contributed by atoms with van der Waals surface area (Å²) >= 11 is 3.41. The van der Waals surface area contributed by atoms with E-state index < -0.39 is 0 Å². The van der Waals surface area contributed by atoms with Crippen molar-refractivity contribution >= 4 is 27.5 Å². The third kappa shape index (κ3) is 4.74. The van der Waals surface area contributed by atoms with Crippen LogP contribution in [0.5, 0.6) is 0 Å². The number of anilines is 1. The molecule has 1 unspecified atom stereocenters. The molecule has 0 radical (unpaired) electrons. The lowest BCUT2D eigenvalue weighted by Crippen LogP contribution is -3.08. The standard InChI is InChI=1S/C18H17BrN4O2/c1-23(11-16(24)20-15-10-6-5-9-14(15)19)12-17-21-18(22-25-17)13-7-3-2-4-8-13/h2-10H,11-12H2,1H3,(H,20,24)/p+1. The molecule has 3 rings (SSSR count). The van der Waals surface area contributed by atoms with Crippen LogP contribution < -0.4 is 10.2 Å². The van der Waals surface area contributed by atoms with Crippen LogP contribution in [0.15, 0.2) is 63.6 Å². The average Bonchev–Trinajstić information content (AvgIpc) is 3.06. The van der Waals surface area contributed by atoms with Crippen LogP contribution in [-0.4, -0.2) is 29.6 Å². The molecule has 128 valence electrons. The van der Waals surface area contributed by atoms with Crippen LogP contribution in [0.2, 0.25) is 0 Å². The maximum absolute atomic E-state index is 12.2. The topological polar surface area (TPSA) is 72.5 Å². The van der Waals surface area contributed by atoms with E-state index in [0.717, 1.165) is 20.6 Å². The SMILES string of the molecule is C[NH+](CC(=O)Nc1ccccc1Br)Cc1nc(-c2ccccc2)no1. The van der Waals surface area contributed by atoms with Gasteiger partial charge in [-0.05, 0) is 28.1 Å². The number of quaternary nitrogens is 1. The molecule has 0 aliphatic rings. The zero-order valence-corrected chi connectivity index (χ0v) is 15.3. The Morgan fingerprint density at radius 3 is 2.64 bits per heavy atom. The fourth-order valence-corrected chi connectivity index (χ4v) is 2.77. The largest absolute Gasteiger partial charge is 0.333 e. The van der Waals surface area contributed by atoms with Crippen LogP contribution in [0.1, 0.15) is 5.89 Å². The van der Waals surface area contributed by atoms with Crippen molar-refractivity contribution in [2.24, 2.45) is 0 Å². The fraction of sp³-hybridized carbons (Fsp3) is 0.167. The highest BCUT2D eigenvalue weighted by Crippen LogP contribution is 2.20. The van der Waals surface area contributed by atoms with Crippen molar-refractivity contribution in [3.63, 3.8) is 0 Å². The predicted molar refractivity (Wildman–Crippen MR) is 98.0 cm³/mol. The van der Waals surface area contributed by atoms with E-state index >= 15 is 0 Å². The minimum atomic E-state index is -0.0767. The third-order valence-electron chi connectivity index (χ3n) is 3.56. The smallest absolute Gasteiger partial charge is 0.282 e. The van der Waals surface area contributed by atoms with Gasteiger partial charge in [0.1, 0.15) is 0 Å². The highest BCUT2D eigenvalue weighted by Gasteiger charge is 2.16. The molecular weight excluding hydrogens is 384 g/mol. The van der Waals surface area contributed by atoms with Crippen LogP contribution >= 0.6 is 15.9 Å². The van der Waals surface area contributed by atoms with Crippen molar-refractivity contribution in [1.29, 1.82) is 0 Å². The number of aromatic nitrogens is 2. The summed E-state index contributed by atoms with van der Waals surface area (Å²) in [5.74, 6) is 0.985. The van der Waals surface area contributed by atoms with Gasteiger partial charge in [-0.1, -0.05) is 47.6 Å². The van der Waals surface area contributed by atoms with Gasteiger partial charge in [0, 0.05) is 10.0 Å². The highest BCUT2D eigenvalue weighted by atomic mass is 79.9. The second-order valence-electron chi connectivity index (χ2n) is 5.72. The quantitative estimate of drug-likeness (QED) is 0.663. The number of halogens is 1. The molecule has 25 heavy (non-hydrogen) atoms. The summed E-state index contributed by atoms with van der Waals surface area (Å²) in [6.45, 7) is 0.771. The van der Waals surface area contributed by atoms with Gasteiger partial charge in [0.2, 0.25) is 5.82 Å². The number of amides is 1. The number of carbonyl (C=O) groups is 1. The van der Waals surface area contributed by atoms with Gasteiger partial charge in [0.25, 0.3) is 11.8 Å². The Labute approximate surface area is 154 Å². The molecule has 2 aromatic carbocycles. The second-order valence-corrected chi connectivity index (χ2v) is 6.57. The number of nitrogens with zero attached hydrogens (tertiary/aromatic N) is 2. The molecule has 0 bridgehead atoms. The Bertz CT molecular complexity index is 851. The van der Waals surface area contributed by atoms with Gasteiger partial charge in [0.15, 0.2) is 13.1 Å². The van der Waals surface area contributed by atoms with Gasteiger partial charge in [0.05, 0.1) is 12.7 Å². The Morgan fingerprint density at radius 1 is 1.16 bits per heavy atom. The van der Waals surface area contributed by atoms with Gasteiger partial charge in [-0.3, -0.25) is 4.79 Å². The van der Waals surface area contributed by atoms with E-state index in [4.69, 9.17) is 4.52 Å². The third-order valence-corrected chi connectivity index (χ3v) is 4.25. The van der Waals surface area contributed by atoms with Crippen LogP contribution in [0.25, 0.3) is 11.4 Å². The minimum Gasteiger partial charge on any atom is -0.333 e. The van der Waals surface area contributed by atoms with E-state index in [2.05, 4.69) is 31.4 Å². The number of nitrogens with one attached hydrogen (secondary N) is 2. The zero-order valence-electron chi connectivity index (χ0n) is 13.7. The number of hydrogen-bond donors (Lipinski definition) is 2. The van der Waals surface area contributed by atoms with Gasteiger partial charge >= 0.3 is 0 Å². The molecule has 0 saturated carbocycles. The lowest BCUT2D eigenvalue weighted by Gasteiger charge is -2.12. The van der Waals surface area contributed by atoms with Crippen molar-refractivity contribution in [2.45, 2.75) is 6.54 Å². The number of rotatable bonds is 6. The van der Waals surface area contributed by atoms with Crippen LogP contribution in [0, 0.1) is 0 Å². The van der Waals surface area contributed by atoms with Crippen molar-refractivity contribution < 1.29 is 14.2 Å². The molecular formula is C18H18BrN4O2+. The molecule has 1 aromatic heterocycles. The normalized spacial score (nSPS) is 11.9. The Morgan fingerprint density at radius 2 is 1.88 bits per heavy atom. The summed E-state index contributed by atoms with van der Waals surface area (Å²) in [6.07, 6.45) is 0. The fourth-order valence-electron chi connectivity index (χ4n) is 2.38. The summed E-state index contributed by atoms with van der Waals surface area (Å²) in [4.78, 5) is 17.5. The number of benzene rings is 2. The van der Waals surface area contributed by atoms with Crippen molar-refractivity contribution in [2.75, 3.05) is 18.9 Å². The van der Waals surface area contributed by atoms with Crippen molar-refractivity contribution in [1.82, 2.24) is 10.1 Å². The number of carbonyl (C=O) groups excluding carboxylic acids is 1. The van der Waals surface area contributed by atoms with E-state index in [0.29, 0.717) is 24.8 Å². The van der Waals surface area contributed by atoms with Crippen molar-refractivity contribution in [3.8, 4) is 11.4 Å². The molecule has 0 aliphatic heterocycles. The molecule has 7 heteroatoms. The molecule has 0 aliphatic carbocycles. The maximum Gasteiger partial charge on any atom is 0.282 e. The maximum atomic E-state index is 12.2. The average molecular weight is 402 g/mol. The Kier molecular flexibility index (Phi) is 5.57. The van der Waals surface area contributed by atoms with Crippen LogP contribution in [0.3, 0.4) is 0 Å². The predicted octanol–water partition coefficient (Wildman–Crippen LogP) is 2.15. The van der Waals surface area contributed by atoms with Gasteiger partial charge in [-0.15, -0.1) is 0 Å². The second kappa shape index (κ2) is 8.04. The highest BCUT2D eigenvalue weighted by molar-refractivity contribution is 9.10. The Balaban J connectivity index is 1.56. The number of likely N-dealkylation sites (N-methyl/N-ethyl adjacent to an activating group) is 1. The van der Waals surface area contributed by atoms with E-state index in [1.807, 2.05) is 61.6 Å². The summed E-state index contributed by atoms with van der Waals surface area (Å²) in [7, 11) is 1.91. The summed E-state index contributed by atoms with van der Waals surface area (Å²) in [5, 5.41) is 6.88. The Hall–Kier alpha value is -2.51. The van der Waals surface area contributed by atoms with E-state index in [9.17, 15) is 4.79 Å². The molecule has 0 fully saturated rings. The van der Waals surface area contributed by atoms with Crippen molar-refractivity contribution in [3.05, 3.63) is 65.0 Å². The molecule has 6 nitrogen and oxygen atoms in total. The molecule has 1 amide bonds. The first-order valence-electron chi connectivity index (χ1n) is 7.85. The molecule has 3 aromatic rings. The number of para-hydroxylation sites is 1. The molecule has 1 heterocycles. The molecule has 2 N–H and O–H groups in total. The monoisotopic (exact) mass is 401 g/mol. The van der Waals surface area contributed by atoms with Crippen LogP contribution in [0.4, 0.5) is 5.69 Å². The lowest BCUT2D eigenvalue weighted by atomic mass is 10.2. The minimum absolute atomic E-state index is 0.0767. The van der Waals surface area contributed by atoms with Crippen LogP contribution in [-0.2, 0) is 11.3 Å². The lowest BCUT2D eigenvalue weighted by molar-refractivity contribution is -0.886. The molecule has 1 atom stereocenters. The van der Waals surface area contributed by atoms with E-state index in [1.165, 1.54) is 0 Å². The first kappa shape index (κ1) is 17.3. The first-order valence-corrected chi connectivity index (χ1v) is 8.65. The summed E-state index contributed by atoms with van der Waals surface area (Å²) < 4.78 is 6.14. The summed E-state index contributed by atoms with van der Waals surface area (Å²) in [6, 6.07) is 17.1. The van der Waals surface area contributed by atoms with Gasteiger partial charge in [-0.25, -0.2) is 0 Å². The molecule has 0 saturated heterocycles. The van der Waals surface area contributed by atoms with E-state index in [-0.39, 0.29) is 5.91 Å². The summed E-state index contributed by atoms with van der Waals surface area (Å²) in [5.41, 5.74) is 1.66.